The van der Waals surface area contributed by atoms with E-state index >= 15 is 0 Å². The topological polar surface area (TPSA) is 46.2 Å². The lowest BCUT2D eigenvalue weighted by atomic mass is 10.2. The number of hydrogen-bond donors (Lipinski definition) is 1. The van der Waals surface area contributed by atoms with Gasteiger partial charge in [-0.1, -0.05) is 19.3 Å². The van der Waals surface area contributed by atoms with Gasteiger partial charge in [0.25, 0.3) is 0 Å². The van der Waals surface area contributed by atoms with E-state index in [-0.39, 0.29) is 9.37 Å². The lowest BCUT2D eigenvalue weighted by molar-refractivity contribution is 0.561. The van der Waals surface area contributed by atoms with Crippen LogP contribution in [-0.2, 0) is 10.0 Å². The lowest BCUT2D eigenvalue weighted by Gasteiger charge is -2.12. The molecule has 0 aromatic heterocycles. The molecule has 1 aromatic carbocycles. The van der Waals surface area contributed by atoms with Crippen LogP contribution in [0, 0.1) is 18.2 Å². The molecule has 3 nitrogen and oxygen atoms in total. The summed E-state index contributed by atoms with van der Waals surface area (Å²) in [4.78, 5) is -0.139. The molecule has 0 aliphatic rings. The Morgan fingerprint density at radius 1 is 1.56 bits per heavy atom. The van der Waals surface area contributed by atoms with Gasteiger partial charge in [0.15, 0.2) is 0 Å². The van der Waals surface area contributed by atoms with Crippen molar-refractivity contribution in [3.63, 3.8) is 0 Å². The van der Waals surface area contributed by atoms with Gasteiger partial charge in [-0.15, -0.1) is 6.42 Å². The lowest BCUT2D eigenvalue weighted by Crippen LogP contribution is -2.33. The number of rotatable bonds is 5. The van der Waals surface area contributed by atoms with E-state index in [2.05, 4.69) is 26.6 Å². The normalized spacial score (nSPS) is 13.0. The van der Waals surface area contributed by atoms with Crippen LogP contribution in [0.4, 0.5) is 4.39 Å². The summed E-state index contributed by atoms with van der Waals surface area (Å²) >= 11 is 2.96. The van der Waals surface area contributed by atoms with Gasteiger partial charge in [-0.25, -0.2) is 12.8 Å². The molecule has 1 unspecified atom stereocenters. The fourth-order valence-electron chi connectivity index (χ4n) is 1.36. The Morgan fingerprint density at radius 3 is 2.72 bits per heavy atom. The third-order valence-corrected chi connectivity index (χ3v) is 4.39. The van der Waals surface area contributed by atoms with Gasteiger partial charge in [0, 0.05) is 0 Å². The Hall–Kier alpha value is -0.900. The molecule has 6 heteroatoms. The maximum Gasteiger partial charge on any atom is 0.241 e. The molecular formula is C12H13BrFNO2S. The summed E-state index contributed by atoms with van der Waals surface area (Å²) in [6.07, 6.45) is 6.53. The predicted molar refractivity (Wildman–Crippen MR) is 72.0 cm³/mol. The van der Waals surface area contributed by atoms with Gasteiger partial charge in [0.05, 0.1) is 15.4 Å². The van der Waals surface area contributed by atoms with Gasteiger partial charge in [-0.3, -0.25) is 0 Å². The van der Waals surface area contributed by atoms with Crippen LogP contribution in [0.2, 0.25) is 0 Å². The third kappa shape index (κ3) is 3.80. The minimum absolute atomic E-state index is 0.139. The first-order valence-electron chi connectivity index (χ1n) is 5.34. The molecule has 0 radical (unpaired) electrons. The molecule has 0 aliphatic carbocycles. The molecule has 0 saturated carbocycles. The summed E-state index contributed by atoms with van der Waals surface area (Å²) in [6, 6.07) is 3.03. The van der Waals surface area contributed by atoms with Gasteiger partial charge in [0.2, 0.25) is 10.0 Å². The molecule has 0 bridgehead atoms. The van der Waals surface area contributed by atoms with Crippen LogP contribution in [0.5, 0.6) is 0 Å². The molecule has 0 heterocycles. The van der Waals surface area contributed by atoms with E-state index in [4.69, 9.17) is 6.42 Å². The Bertz CT molecular complexity index is 566. The van der Waals surface area contributed by atoms with Crippen LogP contribution in [0.25, 0.3) is 0 Å². The minimum atomic E-state index is -3.79. The van der Waals surface area contributed by atoms with Crippen LogP contribution < -0.4 is 4.72 Å². The van der Waals surface area contributed by atoms with Crippen molar-refractivity contribution >= 4 is 26.0 Å². The van der Waals surface area contributed by atoms with Crippen molar-refractivity contribution < 1.29 is 12.8 Å². The van der Waals surface area contributed by atoms with Crippen molar-refractivity contribution in [2.24, 2.45) is 0 Å². The highest BCUT2D eigenvalue weighted by Crippen LogP contribution is 2.19. The van der Waals surface area contributed by atoms with Crippen LogP contribution in [0.3, 0.4) is 0 Å². The maximum absolute atomic E-state index is 13.3. The molecule has 0 aliphatic heterocycles. The van der Waals surface area contributed by atoms with E-state index in [1.54, 1.807) is 0 Å². The molecule has 0 fully saturated rings. The zero-order valence-electron chi connectivity index (χ0n) is 9.78. The number of sulfonamides is 1. The highest BCUT2D eigenvalue weighted by molar-refractivity contribution is 9.10. The van der Waals surface area contributed by atoms with E-state index in [0.717, 1.165) is 12.5 Å². The zero-order chi connectivity index (χ0) is 13.8. The van der Waals surface area contributed by atoms with Gasteiger partial charge in [-0.05, 0) is 40.5 Å². The van der Waals surface area contributed by atoms with Crippen molar-refractivity contribution in [2.75, 3.05) is 0 Å². The van der Waals surface area contributed by atoms with Crippen LogP contribution >= 0.6 is 15.9 Å². The first-order valence-corrected chi connectivity index (χ1v) is 7.62. The third-order valence-electron chi connectivity index (χ3n) is 2.28. The second-order valence-electron chi connectivity index (χ2n) is 3.71. The summed E-state index contributed by atoms with van der Waals surface area (Å²) in [6.45, 7) is 1.90. The van der Waals surface area contributed by atoms with Crippen molar-refractivity contribution in [2.45, 2.75) is 30.7 Å². The second-order valence-corrected chi connectivity index (χ2v) is 6.27. The molecule has 1 aromatic rings. The average molecular weight is 334 g/mol. The molecule has 0 amide bonds. The molecule has 1 atom stereocenters. The van der Waals surface area contributed by atoms with Crippen LogP contribution in [0.1, 0.15) is 19.8 Å². The van der Waals surface area contributed by atoms with Crippen molar-refractivity contribution in [3.8, 4) is 12.3 Å². The predicted octanol–water partition coefficient (Wildman–Crippen LogP) is 2.67. The van der Waals surface area contributed by atoms with E-state index in [1.807, 2.05) is 6.92 Å². The smallest absolute Gasteiger partial charge is 0.207 e. The standard InChI is InChI=1S/C12H13BrFNO2S/c1-3-5-9(4-2)15-18(16,17)10-6-7-11(13)12(14)8-10/h2,6-9,15H,3,5H2,1H3. The Labute approximate surface area is 115 Å². The largest absolute Gasteiger partial charge is 0.241 e. The summed E-state index contributed by atoms with van der Waals surface area (Å²) in [5, 5.41) is 0. The fraction of sp³-hybridized carbons (Fsp3) is 0.333. The molecule has 0 saturated heterocycles. The highest BCUT2D eigenvalue weighted by atomic mass is 79.9. The number of benzene rings is 1. The van der Waals surface area contributed by atoms with Gasteiger partial charge < -0.3 is 0 Å². The fourth-order valence-corrected chi connectivity index (χ4v) is 2.81. The summed E-state index contributed by atoms with van der Waals surface area (Å²) in [5.41, 5.74) is 0. The first-order chi connectivity index (χ1) is 8.40. The quantitative estimate of drug-likeness (QED) is 0.842. The van der Waals surface area contributed by atoms with E-state index in [0.29, 0.717) is 6.42 Å². The zero-order valence-corrected chi connectivity index (χ0v) is 12.2. The Morgan fingerprint density at radius 2 is 2.22 bits per heavy atom. The first kappa shape index (κ1) is 15.2. The van der Waals surface area contributed by atoms with Crippen LogP contribution in [0.15, 0.2) is 27.6 Å². The number of hydrogen-bond acceptors (Lipinski definition) is 2. The van der Waals surface area contributed by atoms with Crippen LogP contribution in [-0.4, -0.2) is 14.5 Å². The molecule has 0 spiro atoms. The molecule has 1 rings (SSSR count). The molecule has 98 valence electrons. The number of terminal acetylenes is 1. The Kier molecular flexibility index (Phi) is 5.32. The average Bonchev–Trinajstić information content (AvgIpc) is 2.31. The molecule has 1 N–H and O–H groups in total. The maximum atomic E-state index is 13.3. The SMILES string of the molecule is C#CC(CCC)NS(=O)(=O)c1ccc(Br)c(F)c1. The van der Waals surface area contributed by atoms with Gasteiger partial charge in [-0.2, -0.15) is 4.72 Å². The summed E-state index contributed by atoms with van der Waals surface area (Å²) < 4.78 is 39.8. The van der Waals surface area contributed by atoms with E-state index in [1.165, 1.54) is 12.1 Å². The van der Waals surface area contributed by atoms with Gasteiger partial charge >= 0.3 is 0 Å². The molecule has 18 heavy (non-hydrogen) atoms. The number of halogens is 2. The van der Waals surface area contributed by atoms with Gasteiger partial charge in [0.1, 0.15) is 5.82 Å². The minimum Gasteiger partial charge on any atom is -0.207 e. The van der Waals surface area contributed by atoms with Crippen molar-refractivity contribution in [1.82, 2.24) is 4.72 Å². The second kappa shape index (κ2) is 6.32. The summed E-state index contributed by atoms with van der Waals surface area (Å²) in [5.74, 6) is 1.73. The van der Waals surface area contributed by atoms with Crippen molar-refractivity contribution in [3.05, 3.63) is 28.5 Å². The van der Waals surface area contributed by atoms with E-state index < -0.39 is 21.9 Å². The number of nitrogens with one attached hydrogen (secondary N) is 1. The monoisotopic (exact) mass is 333 g/mol. The highest BCUT2D eigenvalue weighted by Gasteiger charge is 2.19. The van der Waals surface area contributed by atoms with E-state index in [9.17, 15) is 12.8 Å². The summed E-state index contributed by atoms with van der Waals surface area (Å²) in [7, 11) is -3.79. The Balaban J connectivity index is 2.99. The van der Waals surface area contributed by atoms with Crippen molar-refractivity contribution in [1.29, 1.82) is 0 Å². The molecular weight excluding hydrogens is 321 g/mol.